The zero-order valence-corrected chi connectivity index (χ0v) is 17.8. The number of hydrogen-bond acceptors (Lipinski definition) is 5. The van der Waals surface area contributed by atoms with Gasteiger partial charge in [-0.25, -0.2) is 0 Å². The van der Waals surface area contributed by atoms with E-state index in [1.807, 2.05) is 0 Å². The van der Waals surface area contributed by atoms with Crippen LogP contribution in [0, 0.1) is 0 Å². The lowest BCUT2D eigenvalue weighted by molar-refractivity contribution is -0.137. The fraction of sp³-hybridized carbons (Fsp3) is 0.348. The zero-order valence-electron chi connectivity index (χ0n) is 17.1. The summed E-state index contributed by atoms with van der Waals surface area (Å²) in [7, 11) is 0. The Bertz CT molecular complexity index is 1160. The van der Waals surface area contributed by atoms with Crippen molar-refractivity contribution in [2.75, 3.05) is 39.5 Å². The van der Waals surface area contributed by atoms with E-state index in [4.69, 9.17) is 25.5 Å². The molecule has 4 rings (SSSR count). The van der Waals surface area contributed by atoms with E-state index in [0.717, 1.165) is 31.8 Å². The van der Waals surface area contributed by atoms with Crippen LogP contribution in [0.25, 0.3) is 22.3 Å². The number of para-hydroxylation sites is 1. The largest absolute Gasteiger partial charge is 0.493 e. The second kappa shape index (κ2) is 9.52. The van der Waals surface area contributed by atoms with Crippen molar-refractivity contribution in [1.82, 2.24) is 4.90 Å². The van der Waals surface area contributed by atoms with Crippen molar-refractivity contribution in [2.45, 2.75) is 12.6 Å². The Morgan fingerprint density at radius 2 is 1.88 bits per heavy atom. The summed E-state index contributed by atoms with van der Waals surface area (Å²) < 4.78 is 56.7. The molecular formula is C23H21ClF3NO4. The van der Waals surface area contributed by atoms with Crippen LogP contribution in [0.1, 0.15) is 12.0 Å². The normalized spacial score (nSPS) is 15.2. The van der Waals surface area contributed by atoms with Gasteiger partial charge in [-0.15, -0.1) is 0 Å². The molecule has 1 fully saturated rings. The molecule has 5 nitrogen and oxygen atoms in total. The lowest BCUT2D eigenvalue weighted by atomic mass is 10.1. The molecule has 1 aliphatic rings. The van der Waals surface area contributed by atoms with Crippen LogP contribution >= 0.6 is 11.6 Å². The highest BCUT2D eigenvalue weighted by Gasteiger charge is 2.31. The van der Waals surface area contributed by atoms with E-state index in [2.05, 4.69) is 4.90 Å². The van der Waals surface area contributed by atoms with Crippen LogP contribution in [-0.4, -0.2) is 44.4 Å². The molecule has 0 bridgehead atoms. The second-order valence-corrected chi connectivity index (χ2v) is 7.86. The van der Waals surface area contributed by atoms with Crippen LogP contribution < -0.4 is 10.2 Å². The molecule has 1 aromatic heterocycles. The molecule has 0 amide bonds. The number of morpholine rings is 1. The minimum atomic E-state index is -4.53. The number of hydrogen-bond donors (Lipinski definition) is 0. The molecule has 0 unspecified atom stereocenters. The molecule has 2 aromatic carbocycles. The lowest BCUT2D eigenvalue weighted by Crippen LogP contribution is -2.37. The van der Waals surface area contributed by atoms with Gasteiger partial charge < -0.3 is 13.9 Å². The van der Waals surface area contributed by atoms with Gasteiger partial charge in [0, 0.05) is 25.7 Å². The van der Waals surface area contributed by atoms with Crippen LogP contribution in [0.3, 0.4) is 0 Å². The summed E-state index contributed by atoms with van der Waals surface area (Å²) in [6.45, 7) is 3.93. The number of halogens is 4. The van der Waals surface area contributed by atoms with E-state index in [1.54, 1.807) is 18.2 Å². The van der Waals surface area contributed by atoms with Crippen LogP contribution in [0.2, 0.25) is 5.02 Å². The fourth-order valence-electron chi connectivity index (χ4n) is 3.59. The molecular weight excluding hydrogens is 447 g/mol. The first kappa shape index (κ1) is 22.6. The summed E-state index contributed by atoms with van der Waals surface area (Å²) in [6.07, 6.45) is -3.90. The molecule has 0 saturated carbocycles. The van der Waals surface area contributed by atoms with E-state index in [0.29, 0.717) is 25.0 Å². The third-order valence-electron chi connectivity index (χ3n) is 5.26. The van der Waals surface area contributed by atoms with Crippen molar-refractivity contribution in [3.8, 4) is 17.1 Å². The van der Waals surface area contributed by atoms with Crippen molar-refractivity contribution >= 4 is 22.6 Å². The predicted molar refractivity (Wildman–Crippen MR) is 115 cm³/mol. The first-order valence-electron chi connectivity index (χ1n) is 10.2. The molecule has 170 valence electrons. The van der Waals surface area contributed by atoms with E-state index in [9.17, 15) is 18.0 Å². The minimum absolute atomic E-state index is 0.00337. The van der Waals surface area contributed by atoms with E-state index in [-0.39, 0.29) is 39.7 Å². The highest BCUT2D eigenvalue weighted by atomic mass is 35.5. The summed E-state index contributed by atoms with van der Waals surface area (Å²) in [5.74, 6) is 0.0869. The fourth-order valence-corrected chi connectivity index (χ4v) is 3.81. The lowest BCUT2D eigenvalue weighted by Gasteiger charge is -2.26. The molecule has 32 heavy (non-hydrogen) atoms. The zero-order chi connectivity index (χ0) is 22.7. The molecule has 2 heterocycles. The first-order chi connectivity index (χ1) is 15.3. The van der Waals surface area contributed by atoms with Crippen molar-refractivity contribution in [2.24, 2.45) is 0 Å². The second-order valence-electron chi connectivity index (χ2n) is 7.46. The topological polar surface area (TPSA) is 51.9 Å². The summed E-state index contributed by atoms with van der Waals surface area (Å²) in [5, 5.41) is 0.530. The third kappa shape index (κ3) is 5.09. The summed E-state index contributed by atoms with van der Waals surface area (Å²) in [4.78, 5) is 14.8. The maximum Gasteiger partial charge on any atom is 0.416 e. The molecule has 0 spiro atoms. The molecule has 0 N–H and O–H groups in total. The quantitative estimate of drug-likeness (QED) is 0.464. The van der Waals surface area contributed by atoms with Gasteiger partial charge >= 0.3 is 6.18 Å². The Balaban J connectivity index is 1.63. The van der Waals surface area contributed by atoms with Gasteiger partial charge in [0.25, 0.3) is 0 Å². The van der Waals surface area contributed by atoms with Crippen LogP contribution in [0.15, 0.2) is 51.7 Å². The van der Waals surface area contributed by atoms with Crippen molar-refractivity contribution < 1.29 is 27.1 Å². The summed E-state index contributed by atoms with van der Waals surface area (Å²) in [5.41, 5.74) is -0.759. The highest BCUT2D eigenvalue weighted by molar-refractivity contribution is 6.34. The minimum Gasteiger partial charge on any atom is -0.493 e. The smallest absolute Gasteiger partial charge is 0.416 e. The SMILES string of the molecule is O=c1cc(-c2ccc(C(F)(F)F)cc2OCCCN2CCOCC2)oc2c(Cl)cccc12. The first-order valence-corrected chi connectivity index (χ1v) is 10.6. The van der Waals surface area contributed by atoms with Gasteiger partial charge in [-0.2, -0.15) is 13.2 Å². The number of nitrogens with zero attached hydrogens (tertiary/aromatic N) is 1. The van der Waals surface area contributed by atoms with Gasteiger partial charge in [0.2, 0.25) is 0 Å². The van der Waals surface area contributed by atoms with E-state index >= 15 is 0 Å². The monoisotopic (exact) mass is 467 g/mol. The maximum atomic E-state index is 13.3. The molecule has 1 saturated heterocycles. The summed E-state index contributed by atoms with van der Waals surface area (Å²) in [6, 6.07) is 9.14. The van der Waals surface area contributed by atoms with Gasteiger partial charge in [0.1, 0.15) is 11.5 Å². The van der Waals surface area contributed by atoms with Gasteiger partial charge in [-0.3, -0.25) is 9.69 Å². The number of benzene rings is 2. The molecule has 0 aliphatic carbocycles. The molecule has 3 aromatic rings. The van der Waals surface area contributed by atoms with E-state index < -0.39 is 11.7 Å². The molecule has 0 radical (unpaired) electrons. The van der Waals surface area contributed by atoms with Crippen molar-refractivity contribution in [3.05, 3.63) is 63.3 Å². The Labute approximate surface area is 187 Å². The van der Waals surface area contributed by atoms with Crippen molar-refractivity contribution in [1.29, 1.82) is 0 Å². The number of ether oxygens (including phenoxy) is 2. The molecule has 9 heteroatoms. The Morgan fingerprint density at radius 3 is 2.62 bits per heavy atom. The molecule has 1 aliphatic heterocycles. The Morgan fingerprint density at radius 1 is 1.09 bits per heavy atom. The van der Waals surface area contributed by atoms with Gasteiger partial charge in [-0.1, -0.05) is 17.7 Å². The molecule has 0 atom stereocenters. The summed E-state index contributed by atoms with van der Waals surface area (Å²) >= 11 is 6.16. The highest BCUT2D eigenvalue weighted by Crippen LogP contribution is 2.38. The van der Waals surface area contributed by atoms with Gasteiger partial charge in [0.05, 0.1) is 41.4 Å². The van der Waals surface area contributed by atoms with Crippen LogP contribution in [0.5, 0.6) is 5.75 Å². The van der Waals surface area contributed by atoms with Gasteiger partial charge in [-0.05, 0) is 36.8 Å². The number of fused-ring (bicyclic) bond motifs is 1. The van der Waals surface area contributed by atoms with Crippen LogP contribution in [-0.2, 0) is 10.9 Å². The van der Waals surface area contributed by atoms with E-state index in [1.165, 1.54) is 12.1 Å². The van der Waals surface area contributed by atoms with Crippen molar-refractivity contribution in [3.63, 3.8) is 0 Å². The number of rotatable bonds is 6. The van der Waals surface area contributed by atoms with Crippen LogP contribution in [0.4, 0.5) is 13.2 Å². The maximum absolute atomic E-state index is 13.3. The standard InChI is InChI=1S/C23H21ClF3NO4/c24-18-4-1-3-16-19(29)14-21(32-22(16)18)17-6-5-15(23(25,26)27)13-20(17)31-10-2-7-28-8-11-30-12-9-28/h1,3-6,13-14H,2,7-12H2. The Hall–Kier alpha value is -2.55. The average molecular weight is 468 g/mol. The third-order valence-corrected chi connectivity index (χ3v) is 5.56. The predicted octanol–water partition coefficient (Wildman–Crippen LogP) is 5.23. The Kier molecular flexibility index (Phi) is 6.74. The number of alkyl halides is 3. The van der Waals surface area contributed by atoms with Gasteiger partial charge in [0.15, 0.2) is 11.0 Å². The average Bonchev–Trinajstić information content (AvgIpc) is 2.77.